The van der Waals surface area contributed by atoms with Crippen molar-refractivity contribution in [2.45, 2.75) is 0 Å². The molecule has 0 bridgehead atoms. The van der Waals surface area contributed by atoms with E-state index in [1.54, 1.807) is 0 Å². The van der Waals surface area contributed by atoms with Crippen LogP contribution in [0.3, 0.4) is 0 Å². The highest BCUT2D eigenvalue weighted by atomic mass is 16.3. The number of para-hydroxylation sites is 5. The monoisotopic (exact) mass is 563 g/mol. The second-order valence-electron chi connectivity index (χ2n) is 11.4. The molecule has 206 valence electrons. The Labute approximate surface area is 252 Å². The van der Waals surface area contributed by atoms with Crippen molar-refractivity contribution in [2.75, 3.05) is 0 Å². The first-order chi connectivity index (χ1) is 21.9. The van der Waals surface area contributed by atoms with E-state index in [0.717, 1.165) is 50.3 Å². The molecule has 0 saturated heterocycles. The number of hydrogen-bond acceptors (Lipinski definition) is 1. The minimum Gasteiger partial charge on any atom is -0.439 e. The third-order valence-corrected chi connectivity index (χ3v) is 9.03. The van der Waals surface area contributed by atoms with Gasteiger partial charge in [0, 0.05) is 44.0 Å². The van der Waals surface area contributed by atoms with Gasteiger partial charge >= 0.3 is 0 Å². The molecule has 0 atom stereocenters. The molecule has 0 aliphatic carbocycles. The molecule has 0 fully saturated rings. The van der Waals surface area contributed by atoms with Crippen molar-refractivity contribution < 1.29 is 4.42 Å². The number of nitrogens with zero attached hydrogens (tertiary/aromatic N) is 3. The van der Waals surface area contributed by atoms with Crippen LogP contribution in [0.15, 0.2) is 156 Å². The van der Waals surface area contributed by atoms with E-state index in [4.69, 9.17) is 4.42 Å². The minimum atomic E-state index is 0.866. The maximum atomic E-state index is 6.56. The third-order valence-electron chi connectivity index (χ3n) is 9.03. The molecule has 0 aliphatic heterocycles. The summed E-state index contributed by atoms with van der Waals surface area (Å²) in [5.74, 6) is 0. The largest absolute Gasteiger partial charge is 0.439 e. The van der Waals surface area contributed by atoms with Gasteiger partial charge in [-0.3, -0.25) is 13.7 Å². The molecule has 0 amide bonds. The standard InChI is InChI=1S/C40H25N3O/c1-3-13-26(14-4-1)41-33-20-10-7-17-29(33)37-30-18-8-11-21-34(30)42(39(37)41)28-23-24-35-32(25-28)38-31-19-9-12-22-36(31)44-40(38)43(35)27-15-5-2-6-16-27/h1-25H. The number of rotatable bonds is 3. The Bertz CT molecular complexity index is 2700. The first-order valence-corrected chi connectivity index (χ1v) is 15.0. The van der Waals surface area contributed by atoms with Gasteiger partial charge < -0.3 is 4.42 Å². The van der Waals surface area contributed by atoms with E-state index in [1.165, 1.54) is 32.6 Å². The molecule has 44 heavy (non-hydrogen) atoms. The molecule has 6 aromatic carbocycles. The summed E-state index contributed by atoms with van der Waals surface area (Å²) < 4.78 is 13.7. The lowest BCUT2D eigenvalue weighted by Crippen LogP contribution is -2.01. The van der Waals surface area contributed by atoms with Crippen molar-refractivity contribution in [2.24, 2.45) is 0 Å². The Morgan fingerprint density at radius 1 is 0.364 bits per heavy atom. The van der Waals surface area contributed by atoms with Crippen LogP contribution in [-0.4, -0.2) is 13.7 Å². The minimum absolute atomic E-state index is 0.866. The molecule has 10 aromatic rings. The molecule has 0 saturated carbocycles. The van der Waals surface area contributed by atoms with Gasteiger partial charge in [0.25, 0.3) is 0 Å². The van der Waals surface area contributed by atoms with Gasteiger partial charge in [-0.2, -0.15) is 0 Å². The van der Waals surface area contributed by atoms with Gasteiger partial charge in [0.1, 0.15) is 11.2 Å². The predicted octanol–water partition coefficient (Wildman–Crippen LogP) is 10.6. The molecule has 0 spiro atoms. The van der Waals surface area contributed by atoms with Crippen LogP contribution in [0.2, 0.25) is 0 Å². The van der Waals surface area contributed by atoms with Crippen molar-refractivity contribution >= 4 is 65.8 Å². The van der Waals surface area contributed by atoms with Crippen LogP contribution in [0.25, 0.3) is 82.9 Å². The lowest BCUT2D eigenvalue weighted by atomic mass is 10.1. The number of furan rings is 1. The molecule has 0 aliphatic rings. The molecule has 4 heteroatoms. The van der Waals surface area contributed by atoms with Crippen LogP contribution in [0.1, 0.15) is 0 Å². The summed E-state index contributed by atoms with van der Waals surface area (Å²) in [5, 5.41) is 7.19. The quantitative estimate of drug-likeness (QED) is 0.210. The Kier molecular flexibility index (Phi) is 4.69. The Balaban J connectivity index is 1.38. The fourth-order valence-corrected chi connectivity index (χ4v) is 7.25. The van der Waals surface area contributed by atoms with E-state index >= 15 is 0 Å². The Morgan fingerprint density at radius 3 is 1.57 bits per heavy atom. The first-order valence-electron chi connectivity index (χ1n) is 15.0. The van der Waals surface area contributed by atoms with Crippen LogP contribution in [0.5, 0.6) is 0 Å². The van der Waals surface area contributed by atoms with Gasteiger partial charge in [-0.15, -0.1) is 0 Å². The second-order valence-corrected chi connectivity index (χ2v) is 11.4. The molecule has 4 heterocycles. The van der Waals surface area contributed by atoms with Crippen molar-refractivity contribution in [3.63, 3.8) is 0 Å². The smallest absolute Gasteiger partial charge is 0.213 e. The van der Waals surface area contributed by atoms with Crippen LogP contribution in [0.4, 0.5) is 0 Å². The summed E-state index contributed by atoms with van der Waals surface area (Å²) >= 11 is 0. The van der Waals surface area contributed by atoms with E-state index < -0.39 is 0 Å². The summed E-state index contributed by atoms with van der Waals surface area (Å²) in [6, 6.07) is 53.9. The lowest BCUT2D eigenvalue weighted by molar-refractivity contribution is 0.645. The van der Waals surface area contributed by atoms with Crippen LogP contribution in [-0.2, 0) is 0 Å². The zero-order valence-corrected chi connectivity index (χ0v) is 23.7. The maximum absolute atomic E-state index is 6.56. The van der Waals surface area contributed by atoms with Crippen molar-refractivity contribution in [1.82, 2.24) is 13.7 Å². The number of fused-ring (bicyclic) bond motifs is 10. The molecule has 4 aromatic heterocycles. The highest BCUT2D eigenvalue weighted by Crippen LogP contribution is 2.43. The fraction of sp³-hybridized carbons (Fsp3) is 0. The van der Waals surface area contributed by atoms with Gasteiger partial charge in [-0.05, 0) is 60.7 Å². The highest BCUT2D eigenvalue weighted by Gasteiger charge is 2.24. The Morgan fingerprint density at radius 2 is 0.886 bits per heavy atom. The summed E-state index contributed by atoms with van der Waals surface area (Å²) in [4.78, 5) is 0. The van der Waals surface area contributed by atoms with Crippen LogP contribution >= 0.6 is 0 Å². The molecule has 0 N–H and O–H groups in total. The van der Waals surface area contributed by atoms with Gasteiger partial charge in [0.05, 0.1) is 21.9 Å². The van der Waals surface area contributed by atoms with E-state index in [9.17, 15) is 0 Å². The van der Waals surface area contributed by atoms with E-state index in [2.05, 4.69) is 159 Å². The molecular formula is C40H25N3O. The van der Waals surface area contributed by atoms with Crippen molar-refractivity contribution in [1.29, 1.82) is 0 Å². The summed E-state index contributed by atoms with van der Waals surface area (Å²) in [6.45, 7) is 0. The average molecular weight is 564 g/mol. The van der Waals surface area contributed by atoms with E-state index in [1.807, 2.05) is 6.07 Å². The summed E-state index contributed by atoms with van der Waals surface area (Å²) in [7, 11) is 0. The highest BCUT2D eigenvalue weighted by molar-refractivity contribution is 6.23. The predicted molar refractivity (Wildman–Crippen MR) is 182 cm³/mol. The average Bonchev–Trinajstić information content (AvgIpc) is 3.80. The third kappa shape index (κ3) is 3.06. The normalized spacial score (nSPS) is 12.1. The summed E-state index contributed by atoms with van der Waals surface area (Å²) in [5.41, 5.74) is 9.76. The first kappa shape index (κ1) is 23.6. The molecule has 0 radical (unpaired) electrons. The molecule has 4 nitrogen and oxygen atoms in total. The number of benzene rings is 6. The van der Waals surface area contributed by atoms with Gasteiger partial charge in [-0.25, -0.2) is 0 Å². The topological polar surface area (TPSA) is 27.9 Å². The van der Waals surface area contributed by atoms with E-state index in [-0.39, 0.29) is 0 Å². The molecule has 0 unspecified atom stereocenters. The van der Waals surface area contributed by atoms with Crippen molar-refractivity contribution in [3.05, 3.63) is 152 Å². The molecular weight excluding hydrogens is 538 g/mol. The van der Waals surface area contributed by atoms with Crippen LogP contribution in [0, 0.1) is 0 Å². The van der Waals surface area contributed by atoms with Gasteiger partial charge in [0.2, 0.25) is 5.71 Å². The lowest BCUT2D eigenvalue weighted by Gasteiger charge is -2.13. The zero-order valence-electron chi connectivity index (χ0n) is 23.7. The SMILES string of the molecule is c1ccc(-n2c3ccc(-n4c5ccccc5c5c6ccccc6n(-c6ccccc6)c54)cc3c3c4ccccc4oc32)cc1. The zero-order chi connectivity index (χ0) is 28.8. The molecule has 10 rings (SSSR count). The second kappa shape index (κ2) is 8.76. The van der Waals surface area contributed by atoms with Gasteiger partial charge in [0.15, 0.2) is 0 Å². The van der Waals surface area contributed by atoms with Crippen molar-refractivity contribution in [3.8, 4) is 17.1 Å². The maximum Gasteiger partial charge on any atom is 0.213 e. The number of aromatic nitrogens is 3. The Hall–Kier alpha value is -6.00. The van der Waals surface area contributed by atoms with E-state index in [0.29, 0.717) is 0 Å². The fourth-order valence-electron chi connectivity index (χ4n) is 7.25. The number of hydrogen-bond donors (Lipinski definition) is 0. The van der Waals surface area contributed by atoms with Gasteiger partial charge in [-0.1, -0.05) is 91.0 Å². The van der Waals surface area contributed by atoms with Crippen LogP contribution < -0.4 is 0 Å². The summed E-state index contributed by atoms with van der Waals surface area (Å²) in [6.07, 6.45) is 0.